The van der Waals surface area contributed by atoms with Gasteiger partial charge in [-0.25, -0.2) is 0 Å². The molecule has 0 bridgehead atoms. The molecule has 0 amide bonds. The van der Waals surface area contributed by atoms with Gasteiger partial charge in [-0.3, -0.25) is 0 Å². The Kier molecular flexibility index (Phi) is 13.8. The number of anilines is 1. The van der Waals surface area contributed by atoms with Crippen LogP contribution in [0.15, 0.2) is 36.4 Å². The minimum Gasteiger partial charge on any atom is -0.388 e. The zero-order valence-corrected chi connectivity index (χ0v) is 15.4. The van der Waals surface area contributed by atoms with Crippen molar-refractivity contribution < 1.29 is 0 Å². The summed E-state index contributed by atoms with van der Waals surface area (Å²) >= 11 is 0. The molecule has 0 saturated heterocycles. The van der Waals surface area contributed by atoms with Crippen molar-refractivity contribution in [2.24, 2.45) is 7.05 Å². The summed E-state index contributed by atoms with van der Waals surface area (Å²) in [6, 6.07) is 12.0. The molecule has 0 atom stereocenters. The van der Waals surface area contributed by atoms with Gasteiger partial charge in [-0.05, 0) is 37.6 Å². The van der Waals surface area contributed by atoms with Crippen LogP contribution in [0, 0.1) is 20.4 Å². The van der Waals surface area contributed by atoms with Gasteiger partial charge in [0.05, 0.1) is 12.7 Å². The number of para-hydroxylation sites is 1. The van der Waals surface area contributed by atoms with E-state index in [1.165, 1.54) is 11.3 Å². The van der Waals surface area contributed by atoms with Gasteiger partial charge in [0.15, 0.2) is 0 Å². The summed E-state index contributed by atoms with van der Waals surface area (Å²) in [6.45, 7) is 18.8. The lowest BCUT2D eigenvalue weighted by Crippen LogP contribution is -1.89. The van der Waals surface area contributed by atoms with Crippen molar-refractivity contribution >= 4 is 11.5 Å². The molecule has 122 valence electrons. The van der Waals surface area contributed by atoms with Crippen LogP contribution in [0.5, 0.6) is 0 Å². The Labute approximate surface area is 136 Å². The third-order valence-electron chi connectivity index (χ3n) is 2.88. The van der Waals surface area contributed by atoms with E-state index in [4.69, 9.17) is 6.57 Å². The number of benzene rings is 1. The first-order valence-electron chi connectivity index (χ1n) is 7.83. The summed E-state index contributed by atoms with van der Waals surface area (Å²) in [5.74, 6) is 0.701. The molecular formula is C19H31N3. The largest absolute Gasteiger partial charge is 0.388 e. The minimum absolute atomic E-state index is 0.701. The molecule has 1 heterocycles. The number of aryl methyl sites for hydroxylation is 2. The predicted octanol–water partition coefficient (Wildman–Crippen LogP) is 5.97. The Balaban J connectivity index is 0. The second-order valence-electron chi connectivity index (χ2n) is 4.07. The summed E-state index contributed by atoms with van der Waals surface area (Å²) in [5, 5.41) is 3.10. The summed E-state index contributed by atoms with van der Waals surface area (Å²) < 4.78 is 1.87. The monoisotopic (exact) mass is 301 g/mol. The summed E-state index contributed by atoms with van der Waals surface area (Å²) in [5.41, 5.74) is 3.62. The van der Waals surface area contributed by atoms with Gasteiger partial charge in [0.2, 0.25) is 5.82 Å². The number of hydrogen-bond acceptors (Lipinski definition) is 1. The number of hydrogen-bond donors (Lipinski definition) is 1. The van der Waals surface area contributed by atoms with Crippen LogP contribution in [0.1, 0.15) is 39.0 Å². The van der Waals surface area contributed by atoms with Gasteiger partial charge in [-0.1, -0.05) is 52.5 Å². The fraction of sp³-hybridized carbons (Fsp3) is 0.421. The second-order valence-corrected chi connectivity index (χ2v) is 4.07. The number of aromatic nitrogens is 1. The van der Waals surface area contributed by atoms with Gasteiger partial charge in [0, 0.05) is 12.7 Å². The van der Waals surface area contributed by atoms with E-state index < -0.39 is 0 Å². The highest BCUT2D eigenvalue weighted by Crippen LogP contribution is 2.13. The van der Waals surface area contributed by atoms with Crippen molar-refractivity contribution in [2.75, 3.05) is 12.4 Å². The molecule has 2 rings (SSSR count). The third kappa shape index (κ3) is 7.54. The van der Waals surface area contributed by atoms with Crippen molar-refractivity contribution in [3.8, 4) is 0 Å². The van der Waals surface area contributed by atoms with E-state index in [0.717, 1.165) is 5.69 Å². The molecule has 0 unspecified atom stereocenters. The van der Waals surface area contributed by atoms with E-state index in [1.807, 2.05) is 77.5 Å². The molecule has 0 spiro atoms. The fourth-order valence-electron chi connectivity index (χ4n) is 1.57. The minimum atomic E-state index is 0.701. The normalized spacial score (nSPS) is 7.95. The van der Waals surface area contributed by atoms with Gasteiger partial charge >= 0.3 is 0 Å². The smallest absolute Gasteiger partial charge is 0.230 e. The van der Waals surface area contributed by atoms with E-state index in [-0.39, 0.29) is 0 Å². The Morgan fingerprint density at radius 1 is 0.955 bits per heavy atom. The maximum Gasteiger partial charge on any atom is 0.230 e. The first-order chi connectivity index (χ1) is 10.6. The third-order valence-corrected chi connectivity index (χ3v) is 2.88. The Morgan fingerprint density at radius 2 is 1.50 bits per heavy atom. The van der Waals surface area contributed by atoms with Crippen LogP contribution in [-0.4, -0.2) is 11.6 Å². The average molecular weight is 301 g/mol. The topological polar surface area (TPSA) is 21.3 Å². The molecule has 0 radical (unpaired) electrons. The van der Waals surface area contributed by atoms with Crippen LogP contribution in [0.3, 0.4) is 0 Å². The number of nitrogens with one attached hydrogen (secondary N) is 1. The average Bonchev–Trinajstić information content (AvgIpc) is 2.91. The van der Waals surface area contributed by atoms with E-state index in [9.17, 15) is 0 Å². The SMILES string of the molecule is CC.CC.CNc1ccccc1C.[C-]#[N+]c1ccc(C)n1C. The van der Waals surface area contributed by atoms with Crippen LogP contribution in [-0.2, 0) is 7.05 Å². The van der Waals surface area contributed by atoms with E-state index in [0.29, 0.717) is 5.82 Å². The highest BCUT2D eigenvalue weighted by molar-refractivity contribution is 5.49. The van der Waals surface area contributed by atoms with Crippen molar-refractivity contribution in [3.63, 3.8) is 0 Å². The lowest BCUT2D eigenvalue weighted by atomic mass is 10.2. The van der Waals surface area contributed by atoms with Gasteiger partial charge in [-0.2, -0.15) is 0 Å². The molecule has 0 fully saturated rings. The van der Waals surface area contributed by atoms with Crippen LogP contribution < -0.4 is 5.32 Å². The van der Waals surface area contributed by atoms with Gasteiger partial charge in [0.25, 0.3) is 0 Å². The first-order valence-corrected chi connectivity index (χ1v) is 7.83. The number of nitrogens with zero attached hydrogens (tertiary/aromatic N) is 2. The molecule has 22 heavy (non-hydrogen) atoms. The molecule has 1 aromatic carbocycles. The van der Waals surface area contributed by atoms with Crippen molar-refractivity contribution in [3.05, 3.63) is 59.1 Å². The van der Waals surface area contributed by atoms with E-state index >= 15 is 0 Å². The molecule has 0 aliphatic carbocycles. The van der Waals surface area contributed by atoms with E-state index in [2.05, 4.69) is 29.2 Å². The second kappa shape index (κ2) is 13.8. The van der Waals surface area contributed by atoms with Gasteiger partial charge in [-0.15, -0.1) is 0 Å². The molecule has 0 aliphatic rings. The Bertz CT molecular complexity index is 548. The maximum atomic E-state index is 6.70. The fourth-order valence-corrected chi connectivity index (χ4v) is 1.57. The lowest BCUT2D eigenvalue weighted by molar-refractivity contribution is 0.899. The van der Waals surface area contributed by atoms with Crippen LogP contribution in [0.25, 0.3) is 4.85 Å². The number of rotatable bonds is 1. The summed E-state index contributed by atoms with van der Waals surface area (Å²) in [4.78, 5) is 3.30. The van der Waals surface area contributed by atoms with Crippen LogP contribution in [0.2, 0.25) is 0 Å². The molecule has 1 N–H and O–H groups in total. The molecular weight excluding hydrogens is 270 g/mol. The highest BCUT2D eigenvalue weighted by Gasteiger charge is 1.97. The van der Waals surface area contributed by atoms with Crippen LogP contribution in [0.4, 0.5) is 11.5 Å². The van der Waals surface area contributed by atoms with Gasteiger partial charge in [0.1, 0.15) is 0 Å². The summed E-state index contributed by atoms with van der Waals surface area (Å²) in [6.07, 6.45) is 0. The Hall–Kier alpha value is -2.21. The summed E-state index contributed by atoms with van der Waals surface area (Å²) in [7, 11) is 3.82. The van der Waals surface area contributed by atoms with Crippen molar-refractivity contribution in [2.45, 2.75) is 41.5 Å². The molecule has 0 aliphatic heterocycles. The van der Waals surface area contributed by atoms with Crippen LogP contribution >= 0.6 is 0 Å². The predicted molar refractivity (Wildman–Crippen MR) is 99.8 cm³/mol. The molecule has 1 aromatic heterocycles. The van der Waals surface area contributed by atoms with Crippen molar-refractivity contribution in [1.82, 2.24) is 4.57 Å². The molecule has 3 heteroatoms. The lowest BCUT2D eigenvalue weighted by Gasteiger charge is -2.01. The first kappa shape index (κ1) is 22.1. The Morgan fingerprint density at radius 3 is 1.77 bits per heavy atom. The highest BCUT2D eigenvalue weighted by atomic mass is 15.0. The van der Waals surface area contributed by atoms with Gasteiger partial charge < -0.3 is 14.7 Å². The van der Waals surface area contributed by atoms with Crippen molar-refractivity contribution in [1.29, 1.82) is 0 Å². The zero-order valence-electron chi connectivity index (χ0n) is 15.4. The molecule has 2 aromatic rings. The molecule has 0 saturated carbocycles. The molecule has 3 nitrogen and oxygen atoms in total. The maximum absolute atomic E-state index is 6.70. The zero-order chi connectivity index (χ0) is 17.5. The standard InChI is InChI=1S/C8H11N.C7H8N2.2C2H6/c1-7-5-3-4-6-8(7)9-2;1-6-4-5-7(8-2)9(6)3;2*1-2/h3-6,9H,1-2H3;4-5H,1,3H3;2*1-2H3. The quantitative estimate of drug-likeness (QED) is 0.643. The van der Waals surface area contributed by atoms with E-state index in [1.54, 1.807) is 0 Å².